The van der Waals surface area contributed by atoms with Crippen LogP contribution in [-0.4, -0.2) is 85.2 Å². The van der Waals surface area contributed by atoms with Gasteiger partial charge in [0.2, 0.25) is 5.91 Å². The second-order valence-electron chi connectivity index (χ2n) is 28.5. The number of aryl methyl sites for hydroxylation is 1. The molecule has 1 saturated heterocycles. The Kier molecular flexibility index (Phi) is 13.7. The number of allylic oxidation sites excluding steroid dienone is 1. The molecule has 13 heteroatoms. The van der Waals surface area contributed by atoms with Crippen LogP contribution >= 0.6 is 21.6 Å². The Bertz CT molecular complexity index is 2740. The van der Waals surface area contributed by atoms with Crippen molar-refractivity contribution in [2.75, 3.05) is 18.8 Å². The van der Waals surface area contributed by atoms with E-state index in [1.54, 1.807) is 0 Å². The molecule has 0 radical (unpaired) electrons. The van der Waals surface area contributed by atoms with Gasteiger partial charge in [-0.15, -0.1) is 0 Å². The molecule has 0 unspecified atom stereocenters. The number of nitrogens with one attached hydrogen (secondary N) is 1. The van der Waals surface area contributed by atoms with E-state index in [0.29, 0.717) is 80.2 Å². The van der Waals surface area contributed by atoms with Gasteiger partial charge in [0, 0.05) is 84.4 Å². The molecule has 79 heavy (non-hydrogen) atoms. The van der Waals surface area contributed by atoms with Crippen LogP contribution in [0.2, 0.25) is 0 Å². The Labute approximate surface area is 478 Å². The topological polar surface area (TPSA) is 167 Å². The van der Waals surface area contributed by atoms with Gasteiger partial charge in [0.05, 0.1) is 12.2 Å². The molecule has 11 nitrogen and oxygen atoms in total. The zero-order chi connectivity index (χ0) is 54.0. The van der Waals surface area contributed by atoms with Gasteiger partial charge in [-0.2, -0.15) is 0 Å². The third kappa shape index (κ3) is 8.54. The lowest BCUT2D eigenvalue weighted by atomic mass is 9.49. The molecule has 8 saturated carbocycles. The van der Waals surface area contributed by atoms with E-state index in [1.807, 2.05) is 4.90 Å². The summed E-state index contributed by atoms with van der Waals surface area (Å²) in [5, 5.41) is 41.8. The number of rotatable bonds is 2. The summed E-state index contributed by atoms with van der Waals surface area (Å²) in [6.45, 7) is 2.91. The molecule has 428 valence electrons. The maximum atomic E-state index is 15.0. The number of guanidine groups is 1. The summed E-state index contributed by atoms with van der Waals surface area (Å²) in [5.74, 6) is 3.75. The lowest BCUT2D eigenvalue weighted by Gasteiger charge is -2.57. The van der Waals surface area contributed by atoms with Crippen LogP contribution < -0.4 is 15.8 Å². The number of aromatic hydroxyl groups is 1. The second kappa shape index (κ2) is 20.2. The van der Waals surface area contributed by atoms with Crippen molar-refractivity contribution in [3.8, 4) is 11.5 Å². The van der Waals surface area contributed by atoms with Gasteiger partial charge in [0.25, 0.3) is 0 Å². The van der Waals surface area contributed by atoms with E-state index in [2.05, 4.69) is 75.5 Å². The number of nitrogens with two attached hydrogens (primary N) is 1. The molecule has 10 bridgehead atoms. The SMILES string of the molecule is CC(=O)O[C@@]12CCc3cc(c(O)c4c3[C@H]3C=C[C@@]5(CCC[C@@H]5C3)O4)CN3C[C@@]4(CC3=O)[C@H](CC[C@@H]4c3ccccc3)CN=C(N)N[C@]3(CCCC34CCCC4)SSC[C@H]3CC[C@H](C[C@]34CCC[C@]43CCC[C@@H]3O)[C@H](CC1)[C@H](O)C2. The van der Waals surface area contributed by atoms with Crippen molar-refractivity contribution in [1.82, 2.24) is 10.2 Å². The van der Waals surface area contributed by atoms with Crippen LogP contribution in [0.3, 0.4) is 0 Å². The number of phenolic OH excluding ortho intramolecular Hbond substituents is 1. The van der Waals surface area contributed by atoms with E-state index >= 15 is 0 Å². The summed E-state index contributed by atoms with van der Waals surface area (Å²) in [6.07, 6.45) is 31.3. The Balaban J connectivity index is 0.862. The van der Waals surface area contributed by atoms with E-state index in [4.69, 9.17) is 20.2 Å². The monoisotopic (exact) mass is 1110 g/mol. The quantitative estimate of drug-likeness (QED) is 0.110. The normalized spacial score (nSPS) is 43.3. The molecule has 6 aliphatic heterocycles. The van der Waals surface area contributed by atoms with Crippen LogP contribution in [0, 0.1) is 51.2 Å². The number of amides is 1. The molecule has 6 spiro atoms. The highest BCUT2D eigenvalue weighted by molar-refractivity contribution is 8.77. The number of carbonyl (C=O) groups excluding carboxylic acids is 2. The molecule has 0 aromatic heterocycles. The lowest BCUT2D eigenvalue weighted by molar-refractivity contribution is -0.173. The molecule has 1 amide bonds. The van der Waals surface area contributed by atoms with Crippen LogP contribution in [0.1, 0.15) is 214 Å². The molecular weight excluding hydrogens is 1020 g/mol. The predicted molar refractivity (Wildman–Crippen MR) is 312 cm³/mol. The predicted octanol–water partition coefficient (Wildman–Crippen LogP) is 12.5. The summed E-state index contributed by atoms with van der Waals surface area (Å²) in [5.41, 5.74) is 9.79. The average molecular weight is 1120 g/mol. The van der Waals surface area contributed by atoms with Crippen LogP contribution in [0.15, 0.2) is 53.5 Å². The molecule has 2 aromatic carbocycles. The minimum absolute atomic E-state index is 0.0184. The molecule has 6 N–H and O–H groups in total. The molecule has 2 aromatic rings. The van der Waals surface area contributed by atoms with Crippen molar-refractivity contribution in [3.05, 3.63) is 70.8 Å². The van der Waals surface area contributed by atoms with E-state index in [-0.39, 0.29) is 80.5 Å². The van der Waals surface area contributed by atoms with Crippen LogP contribution in [0.5, 0.6) is 11.5 Å². The van der Waals surface area contributed by atoms with Crippen molar-refractivity contribution in [2.24, 2.45) is 62.0 Å². The number of fused-ring (bicyclic) bond motifs is 1. The summed E-state index contributed by atoms with van der Waals surface area (Å²) in [4.78, 5) is 35.5. The highest BCUT2D eigenvalue weighted by Gasteiger charge is 2.66. The lowest BCUT2D eigenvalue weighted by Crippen LogP contribution is -2.56. The number of aliphatic imine (C=N–C) groups is 1. The van der Waals surface area contributed by atoms with E-state index in [0.717, 1.165) is 126 Å². The number of benzene rings is 2. The van der Waals surface area contributed by atoms with Crippen molar-refractivity contribution in [1.29, 1.82) is 0 Å². The fraction of sp³-hybridized carbons (Fsp3) is 0.742. The zero-order valence-corrected chi connectivity index (χ0v) is 48.8. The number of carbonyl (C=O) groups is 2. The summed E-state index contributed by atoms with van der Waals surface area (Å²) >= 11 is 0. The third-order valence-corrected chi connectivity index (χ3v) is 28.5. The molecular formula is C66H90N4O7S2. The first kappa shape index (κ1) is 53.6. The first-order chi connectivity index (χ1) is 38.2. The smallest absolute Gasteiger partial charge is 0.303 e. The number of hydrogen-bond acceptors (Lipinski definition) is 12. The minimum Gasteiger partial charge on any atom is -0.504 e. The van der Waals surface area contributed by atoms with Crippen LogP contribution in [-0.2, 0) is 27.3 Å². The fourth-order valence-electron chi connectivity index (χ4n) is 21.7. The van der Waals surface area contributed by atoms with Crippen molar-refractivity contribution in [2.45, 2.75) is 233 Å². The van der Waals surface area contributed by atoms with Gasteiger partial charge in [-0.25, -0.2) is 0 Å². The van der Waals surface area contributed by atoms with Gasteiger partial charge in [-0.3, -0.25) is 14.6 Å². The molecule has 17 rings (SSSR count). The van der Waals surface area contributed by atoms with Gasteiger partial charge in [-0.1, -0.05) is 83.7 Å². The molecule has 9 aliphatic carbocycles. The van der Waals surface area contributed by atoms with Crippen molar-refractivity contribution in [3.63, 3.8) is 0 Å². The van der Waals surface area contributed by atoms with Gasteiger partial charge < -0.3 is 40.7 Å². The Hall–Kier alpha value is -3.39. The zero-order valence-electron chi connectivity index (χ0n) is 47.2. The van der Waals surface area contributed by atoms with Crippen molar-refractivity contribution < 1.29 is 34.4 Å². The number of ether oxygens (including phenoxy) is 2. The summed E-state index contributed by atoms with van der Waals surface area (Å²) in [6, 6.07) is 13.0. The number of aliphatic hydroxyl groups excluding tert-OH is 2. The summed E-state index contributed by atoms with van der Waals surface area (Å²) < 4.78 is 13.8. The van der Waals surface area contributed by atoms with Gasteiger partial charge in [-0.05, 0) is 200 Å². The van der Waals surface area contributed by atoms with Crippen molar-refractivity contribution >= 4 is 39.4 Å². The fourth-order valence-corrected chi connectivity index (χ4v) is 25.7. The highest BCUT2D eigenvalue weighted by Crippen LogP contribution is 2.72. The average Bonchev–Trinajstić information content (AvgIpc) is 4.36. The van der Waals surface area contributed by atoms with Crippen LogP contribution in [0.4, 0.5) is 0 Å². The number of phenols is 1. The van der Waals surface area contributed by atoms with Gasteiger partial charge >= 0.3 is 5.97 Å². The first-order valence-electron chi connectivity index (χ1n) is 31.8. The Morgan fingerprint density at radius 2 is 1.62 bits per heavy atom. The number of esters is 1. The minimum atomic E-state index is -0.848. The van der Waals surface area contributed by atoms with Gasteiger partial charge in [0.15, 0.2) is 17.5 Å². The largest absolute Gasteiger partial charge is 0.504 e. The summed E-state index contributed by atoms with van der Waals surface area (Å²) in [7, 11) is 4.16. The first-order valence-corrected chi connectivity index (χ1v) is 34.1. The van der Waals surface area contributed by atoms with E-state index in [9.17, 15) is 24.9 Å². The highest BCUT2D eigenvalue weighted by atomic mass is 33.1. The van der Waals surface area contributed by atoms with E-state index in [1.165, 1.54) is 51.0 Å². The third-order valence-electron chi connectivity index (χ3n) is 25.3. The Morgan fingerprint density at radius 1 is 0.835 bits per heavy atom. The molecule has 9 fully saturated rings. The molecule has 15 aliphatic rings. The molecule has 6 heterocycles. The number of hydrogen-bond donors (Lipinski definition) is 5. The second-order valence-corrected chi connectivity index (χ2v) is 31.1. The van der Waals surface area contributed by atoms with Crippen LogP contribution in [0.25, 0.3) is 0 Å². The number of nitrogens with zero attached hydrogens (tertiary/aromatic N) is 2. The van der Waals surface area contributed by atoms with Gasteiger partial charge in [0.1, 0.15) is 16.1 Å². The molecule has 15 atom stereocenters. The maximum absolute atomic E-state index is 15.0. The number of aliphatic hydroxyl groups is 2. The van der Waals surface area contributed by atoms with E-state index < -0.39 is 17.3 Å². The Morgan fingerprint density at radius 3 is 2.43 bits per heavy atom. The standard InChI is InChI=1S/C66H90N4O7S2/c1-42(71)76-61-30-19-44-33-47(57(75)58-56(44)45-20-32-65(77-58)28-7-13-48(65)34-45)39-70-41-62(37-55(70)74)49(17-18-52(62)43-11-3-2-4-12-43)38-68-59(67)69-66(29-9-24-60(66)22-5-6-23-60)79-78-40-50-16-15-46(51(21-31-61)53(72)36-61)35-64(50)27-10-26-63(64)25-8-14-54(63)73/h2-4,11-12,20,32-33,45-46,48-54,72-73,75H,5-10,13-19,21-31,34-41H2,1H3,(H3,67,68,69)/t45-,46+,48+,49+,50+,51-,52+,53+,54-,61-,62-,63-,64+,65+,66+/m0/s1. The maximum Gasteiger partial charge on any atom is 0.303 e.